The SMILES string of the molecule is CCc1nccc(-c2ccc(OC(C)CC)c(N)c2)n1. The van der Waals surface area contributed by atoms with Crippen molar-refractivity contribution in [2.24, 2.45) is 0 Å². The van der Waals surface area contributed by atoms with Crippen molar-refractivity contribution in [1.29, 1.82) is 0 Å². The zero-order valence-electron chi connectivity index (χ0n) is 12.3. The highest BCUT2D eigenvalue weighted by atomic mass is 16.5. The predicted octanol–water partition coefficient (Wildman–Crippen LogP) is 3.47. The summed E-state index contributed by atoms with van der Waals surface area (Å²) in [6.07, 6.45) is 3.71. The van der Waals surface area contributed by atoms with Crippen molar-refractivity contribution in [2.75, 3.05) is 5.73 Å². The lowest BCUT2D eigenvalue weighted by molar-refractivity contribution is 0.219. The second-order valence-electron chi connectivity index (χ2n) is 4.80. The summed E-state index contributed by atoms with van der Waals surface area (Å²) in [6, 6.07) is 7.68. The molecule has 1 atom stereocenters. The Hall–Kier alpha value is -2.10. The number of hydrogen-bond donors (Lipinski definition) is 1. The molecule has 1 aromatic carbocycles. The number of nitrogens with two attached hydrogens (primary N) is 1. The summed E-state index contributed by atoms with van der Waals surface area (Å²) in [4.78, 5) is 8.71. The molecule has 0 radical (unpaired) electrons. The van der Waals surface area contributed by atoms with E-state index in [0.29, 0.717) is 5.69 Å². The fourth-order valence-electron chi connectivity index (χ4n) is 1.85. The summed E-state index contributed by atoms with van der Waals surface area (Å²) in [5.74, 6) is 1.56. The van der Waals surface area contributed by atoms with Crippen molar-refractivity contribution in [3.63, 3.8) is 0 Å². The third-order valence-electron chi connectivity index (χ3n) is 3.23. The standard InChI is InChI=1S/C16H21N3O/c1-4-11(3)20-15-7-6-12(10-13(15)17)14-8-9-18-16(5-2)19-14/h6-11H,4-5,17H2,1-3H3. The second-order valence-corrected chi connectivity index (χ2v) is 4.80. The summed E-state index contributed by atoms with van der Waals surface area (Å²) >= 11 is 0. The molecule has 0 spiro atoms. The molecule has 0 aliphatic rings. The van der Waals surface area contributed by atoms with Crippen LogP contribution in [0.25, 0.3) is 11.3 Å². The maximum atomic E-state index is 6.06. The third-order valence-corrected chi connectivity index (χ3v) is 3.23. The zero-order valence-corrected chi connectivity index (χ0v) is 12.3. The Morgan fingerprint density at radius 1 is 1.25 bits per heavy atom. The van der Waals surface area contributed by atoms with Crippen LogP contribution in [0.1, 0.15) is 33.0 Å². The maximum absolute atomic E-state index is 6.06. The molecule has 0 saturated heterocycles. The molecule has 1 aromatic heterocycles. The molecule has 0 bridgehead atoms. The van der Waals surface area contributed by atoms with Crippen LogP contribution in [0.2, 0.25) is 0 Å². The van der Waals surface area contributed by atoms with Crippen LogP contribution in [0.15, 0.2) is 30.5 Å². The highest BCUT2D eigenvalue weighted by Gasteiger charge is 2.08. The number of anilines is 1. The van der Waals surface area contributed by atoms with Gasteiger partial charge < -0.3 is 10.5 Å². The normalized spacial score (nSPS) is 12.2. The van der Waals surface area contributed by atoms with Crippen molar-refractivity contribution < 1.29 is 4.74 Å². The van der Waals surface area contributed by atoms with Gasteiger partial charge in [0.2, 0.25) is 0 Å². The highest BCUT2D eigenvalue weighted by molar-refractivity contribution is 5.68. The molecular weight excluding hydrogens is 250 g/mol. The molecule has 0 aliphatic carbocycles. The first kappa shape index (κ1) is 14.3. The lowest BCUT2D eigenvalue weighted by Gasteiger charge is -2.15. The smallest absolute Gasteiger partial charge is 0.142 e. The first-order valence-corrected chi connectivity index (χ1v) is 7.02. The second kappa shape index (κ2) is 6.37. The largest absolute Gasteiger partial charge is 0.489 e. The van der Waals surface area contributed by atoms with Crippen molar-refractivity contribution in [2.45, 2.75) is 39.7 Å². The quantitative estimate of drug-likeness (QED) is 0.846. The molecule has 2 N–H and O–H groups in total. The summed E-state index contributed by atoms with van der Waals surface area (Å²) in [5, 5.41) is 0. The zero-order chi connectivity index (χ0) is 14.5. The summed E-state index contributed by atoms with van der Waals surface area (Å²) in [5.41, 5.74) is 8.57. The topological polar surface area (TPSA) is 61.0 Å². The van der Waals surface area contributed by atoms with Crippen molar-refractivity contribution in [3.8, 4) is 17.0 Å². The summed E-state index contributed by atoms with van der Waals surface area (Å²) in [7, 11) is 0. The van der Waals surface area contributed by atoms with Crippen molar-refractivity contribution in [3.05, 3.63) is 36.3 Å². The fourth-order valence-corrected chi connectivity index (χ4v) is 1.85. The summed E-state index contributed by atoms with van der Waals surface area (Å²) < 4.78 is 5.77. The van der Waals surface area contributed by atoms with Crippen LogP contribution in [-0.4, -0.2) is 16.1 Å². The molecule has 0 amide bonds. The maximum Gasteiger partial charge on any atom is 0.142 e. The molecule has 4 nitrogen and oxygen atoms in total. The van der Waals surface area contributed by atoms with E-state index < -0.39 is 0 Å². The van der Waals surface area contributed by atoms with Gasteiger partial charge in [-0.05, 0) is 37.6 Å². The molecule has 0 aliphatic heterocycles. The molecule has 1 unspecified atom stereocenters. The van der Waals surface area contributed by atoms with Gasteiger partial charge in [0.25, 0.3) is 0 Å². The Kier molecular flexibility index (Phi) is 4.56. The van der Waals surface area contributed by atoms with Crippen LogP contribution < -0.4 is 10.5 Å². The van der Waals surface area contributed by atoms with E-state index in [2.05, 4.69) is 16.9 Å². The lowest BCUT2D eigenvalue weighted by atomic mass is 10.1. The van der Waals surface area contributed by atoms with Crippen LogP contribution in [0.4, 0.5) is 5.69 Å². The van der Waals surface area contributed by atoms with Crippen LogP contribution in [0, 0.1) is 0 Å². The Balaban J connectivity index is 2.28. The van der Waals surface area contributed by atoms with E-state index in [1.54, 1.807) is 6.20 Å². The molecule has 2 aromatic rings. The van der Waals surface area contributed by atoms with Gasteiger partial charge in [0.15, 0.2) is 0 Å². The van der Waals surface area contributed by atoms with E-state index in [4.69, 9.17) is 10.5 Å². The lowest BCUT2D eigenvalue weighted by Crippen LogP contribution is -2.11. The van der Waals surface area contributed by atoms with E-state index >= 15 is 0 Å². The van der Waals surface area contributed by atoms with Crippen molar-refractivity contribution in [1.82, 2.24) is 9.97 Å². The van der Waals surface area contributed by atoms with E-state index in [1.807, 2.05) is 38.1 Å². The number of nitrogen functional groups attached to an aromatic ring is 1. The van der Waals surface area contributed by atoms with E-state index in [9.17, 15) is 0 Å². The Morgan fingerprint density at radius 3 is 2.70 bits per heavy atom. The summed E-state index contributed by atoms with van der Waals surface area (Å²) in [6.45, 7) is 6.16. The minimum atomic E-state index is 0.161. The number of rotatable bonds is 5. The minimum absolute atomic E-state index is 0.161. The van der Waals surface area contributed by atoms with Gasteiger partial charge in [0.1, 0.15) is 11.6 Å². The fraction of sp³-hybridized carbons (Fsp3) is 0.375. The van der Waals surface area contributed by atoms with Gasteiger partial charge in [-0.15, -0.1) is 0 Å². The van der Waals surface area contributed by atoms with Gasteiger partial charge in [-0.1, -0.05) is 13.8 Å². The predicted molar refractivity (Wildman–Crippen MR) is 81.6 cm³/mol. The molecule has 0 saturated carbocycles. The highest BCUT2D eigenvalue weighted by Crippen LogP contribution is 2.28. The van der Waals surface area contributed by atoms with E-state index in [-0.39, 0.29) is 6.10 Å². The van der Waals surface area contributed by atoms with Gasteiger partial charge >= 0.3 is 0 Å². The molecule has 1 heterocycles. The average Bonchev–Trinajstić information content (AvgIpc) is 2.49. The number of nitrogens with zero attached hydrogens (tertiary/aromatic N) is 2. The Labute approximate surface area is 120 Å². The number of ether oxygens (including phenoxy) is 1. The van der Waals surface area contributed by atoms with E-state index in [0.717, 1.165) is 35.7 Å². The molecular formula is C16H21N3O. The molecule has 2 rings (SSSR count). The Morgan fingerprint density at radius 2 is 2.05 bits per heavy atom. The van der Waals surface area contributed by atoms with Gasteiger partial charge in [-0.2, -0.15) is 0 Å². The van der Waals surface area contributed by atoms with Gasteiger partial charge in [-0.25, -0.2) is 9.97 Å². The van der Waals surface area contributed by atoms with Gasteiger partial charge in [0.05, 0.1) is 17.5 Å². The van der Waals surface area contributed by atoms with Crippen LogP contribution in [0.5, 0.6) is 5.75 Å². The number of hydrogen-bond acceptors (Lipinski definition) is 4. The first-order valence-electron chi connectivity index (χ1n) is 7.02. The molecule has 20 heavy (non-hydrogen) atoms. The van der Waals surface area contributed by atoms with Gasteiger partial charge in [-0.3, -0.25) is 0 Å². The molecule has 0 fully saturated rings. The van der Waals surface area contributed by atoms with Crippen molar-refractivity contribution >= 4 is 5.69 Å². The Bertz CT molecular complexity index is 584. The number of aryl methyl sites for hydroxylation is 1. The molecule has 4 heteroatoms. The molecule has 106 valence electrons. The van der Waals surface area contributed by atoms with E-state index in [1.165, 1.54) is 0 Å². The number of benzene rings is 1. The van der Waals surface area contributed by atoms with Crippen LogP contribution in [0.3, 0.4) is 0 Å². The third kappa shape index (κ3) is 3.26. The number of aromatic nitrogens is 2. The first-order chi connectivity index (χ1) is 9.63. The van der Waals surface area contributed by atoms with Crippen LogP contribution in [-0.2, 0) is 6.42 Å². The monoisotopic (exact) mass is 271 g/mol. The average molecular weight is 271 g/mol. The minimum Gasteiger partial charge on any atom is -0.489 e. The van der Waals surface area contributed by atoms with Gasteiger partial charge in [0, 0.05) is 18.2 Å². The van der Waals surface area contributed by atoms with Crippen LogP contribution >= 0.6 is 0 Å².